The molecular weight excluding hydrogens is 395 g/mol. The molecule has 0 radical (unpaired) electrons. The van der Waals surface area contributed by atoms with Gasteiger partial charge in [-0.25, -0.2) is 9.37 Å². The van der Waals surface area contributed by atoms with E-state index >= 15 is 0 Å². The Hall–Kier alpha value is -2.55. The highest BCUT2D eigenvalue weighted by Crippen LogP contribution is 2.21. The minimum Gasteiger partial charge on any atom is -0.466 e. The number of hydrogen-bond acceptors (Lipinski definition) is 7. The predicted molar refractivity (Wildman–Crippen MR) is 108 cm³/mol. The molecule has 1 unspecified atom stereocenters. The zero-order valence-electron chi connectivity index (χ0n) is 16.6. The first-order valence-electron chi connectivity index (χ1n) is 9.68. The standard InChI is InChI=1S/C20H25FN4O3S/c1-3-28-19(27)15-5-4-10-25(12-15)18(26)13-24(2)20-22-17(23-29-20)11-14-6-8-16(21)9-7-14/h6-9,15H,3-5,10-13H2,1-2H3. The molecule has 1 aliphatic heterocycles. The third-order valence-corrected chi connectivity index (χ3v) is 5.69. The van der Waals surface area contributed by atoms with Crippen LogP contribution in [0.3, 0.4) is 0 Å². The van der Waals surface area contributed by atoms with Crippen molar-refractivity contribution in [3.63, 3.8) is 0 Å². The molecule has 1 saturated heterocycles. The van der Waals surface area contributed by atoms with Gasteiger partial charge in [-0.1, -0.05) is 12.1 Å². The molecule has 29 heavy (non-hydrogen) atoms. The molecule has 2 heterocycles. The van der Waals surface area contributed by atoms with Crippen LogP contribution < -0.4 is 4.90 Å². The average Bonchev–Trinajstić information content (AvgIpc) is 3.18. The van der Waals surface area contributed by atoms with Crippen LogP contribution in [0, 0.1) is 11.7 Å². The summed E-state index contributed by atoms with van der Waals surface area (Å²) in [7, 11) is 1.80. The van der Waals surface area contributed by atoms with E-state index in [0.29, 0.717) is 37.1 Å². The van der Waals surface area contributed by atoms with E-state index in [2.05, 4.69) is 9.36 Å². The van der Waals surface area contributed by atoms with Crippen LogP contribution in [-0.4, -0.2) is 59.4 Å². The molecule has 1 amide bonds. The Morgan fingerprint density at radius 2 is 2.10 bits per heavy atom. The quantitative estimate of drug-likeness (QED) is 0.641. The molecule has 0 aliphatic carbocycles. The van der Waals surface area contributed by atoms with Gasteiger partial charge >= 0.3 is 5.97 Å². The second kappa shape index (κ2) is 9.78. The van der Waals surface area contributed by atoms with Crippen molar-refractivity contribution in [3.8, 4) is 0 Å². The van der Waals surface area contributed by atoms with Crippen molar-refractivity contribution < 1.29 is 18.7 Å². The number of aromatic nitrogens is 2. The Labute approximate surface area is 173 Å². The van der Waals surface area contributed by atoms with E-state index in [9.17, 15) is 14.0 Å². The number of ether oxygens (including phenoxy) is 1. The summed E-state index contributed by atoms with van der Waals surface area (Å²) in [5, 5.41) is 0.648. The molecule has 7 nitrogen and oxygen atoms in total. The summed E-state index contributed by atoms with van der Waals surface area (Å²) in [5.41, 5.74) is 0.924. The maximum atomic E-state index is 13.0. The number of benzene rings is 1. The van der Waals surface area contributed by atoms with Gasteiger partial charge in [-0.15, -0.1) is 0 Å². The highest BCUT2D eigenvalue weighted by Gasteiger charge is 2.29. The number of halogens is 1. The summed E-state index contributed by atoms with van der Waals surface area (Å²) >= 11 is 1.23. The van der Waals surface area contributed by atoms with Crippen LogP contribution in [0.15, 0.2) is 24.3 Å². The largest absolute Gasteiger partial charge is 0.466 e. The SMILES string of the molecule is CCOC(=O)C1CCCN(C(=O)CN(C)c2nc(Cc3ccc(F)cc3)ns2)C1. The van der Waals surface area contributed by atoms with E-state index in [0.717, 1.165) is 18.4 Å². The third kappa shape index (κ3) is 5.72. The Balaban J connectivity index is 1.55. The highest BCUT2D eigenvalue weighted by molar-refractivity contribution is 7.09. The number of hydrogen-bond donors (Lipinski definition) is 0. The van der Waals surface area contributed by atoms with Crippen molar-refractivity contribution >= 4 is 28.5 Å². The lowest BCUT2D eigenvalue weighted by Gasteiger charge is -2.32. The fourth-order valence-corrected chi connectivity index (χ4v) is 3.93. The fourth-order valence-electron chi connectivity index (χ4n) is 3.28. The number of esters is 1. The molecule has 1 aliphatic rings. The number of piperidine rings is 1. The van der Waals surface area contributed by atoms with Gasteiger partial charge in [0.15, 0.2) is 0 Å². The summed E-state index contributed by atoms with van der Waals surface area (Å²) in [6.45, 7) is 3.35. The molecular formula is C20H25FN4O3S. The van der Waals surface area contributed by atoms with Gasteiger partial charge in [0.1, 0.15) is 11.6 Å². The highest BCUT2D eigenvalue weighted by atomic mass is 32.1. The van der Waals surface area contributed by atoms with Crippen molar-refractivity contribution in [1.29, 1.82) is 0 Å². The summed E-state index contributed by atoms with van der Waals surface area (Å²) < 4.78 is 22.5. The number of likely N-dealkylation sites (N-methyl/N-ethyl adjacent to an activating group) is 1. The van der Waals surface area contributed by atoms with Crippen molar-refractivity contribution in [3.05, 3.63) is 41.5 Å². The van der Waals surface area contributed by atoms with Crippen molar-refractivity contribution in [2.75, 3.05) is 38.2 Å². The average molecular weight is 421 g/mol. The monoisotopic (exact) mass is 420 g/mol. The number of anilines is 1. The van der Waals surface area contributed by atoms with Gasteiger partial charge in [-0.2, -0.15) is 4.37 Å². The van der Waals surface area contributed by atoms with E-state index < -0.39 is 0 Å². The van der Waals surface area contributed by atoms with E-state index in [1.165, 1.54) is 23.7 Å². The molecule has 1 aromatic heterocycles. The van der Waals surface area contributed by atoms with Crippen LogP contribution in [0.1, 0.15) is 31.2 Å². The second-order valence-electron chi connectivity index (χ2n) is 7.08. The first kappa shape index (κ1) is 21.2. The minimum atomic E-state index is -0.276. The first-order chi connectivity index (χ1) is 14.0. The molecule has 1 fully saturated rings. The normalized spacial score (nSPS) is 16.5. The van der Waals surface area contributed by atoms with Crippen LogP contribution in [0.5, 0.6) is 0 Å². The zero-order valence-corrected chi connectivity index (χ0v) is 17.5. The maximum absolute atomic E-state index is 13.0. The Bertz CT molecular complexity index is 843. The molecule has 0 bridgehead atoms. The van der Waals surface area contributed by atoms with E-state index in [4.69, 9.17) is 4.74 Å². The van der Waals surface area contributed by atoms with Crippen LogP contribution in [0.25, 0.3) is 0 Å². The number of amides is 1. The van der Waals surface area contributed by atoms with Crippen molar-refractivity contribution in [1.82, 2.24) is 14.3 Å². The van der Waals surface area contributed by atoms with Gasteiger partial charge in [0, 0.05) is 38.1 Å². The lowest BCUT2D eigenvalue weighted by Crippen LogP contribution is -2.46. The molecule has 9 heteroatoms. The van der Waals surface area contributed by atoms with Gasteiger partial charge in [0.25, 0.3) is 0 Å². The fraction of sp³-hybridized carbons (Fsp3) is 0.500. The molecule has 1 atom stereocenters. The molecule has 2 aromatic rings. The van der Waals surface area contributed by atoms with Gasteiger partial charge in [-0.05, 0) is 37.5 Å². The first-order valence-corrected chi connectivity index (χ1v) is 10.5. The Morgan fingerprint density at radius 3 is 2.83 bits per heavy atom. The number of nitrogens with zero attached hydrogens (tertiary/aromatic N) is 4. The van der Waals surface area contributed by atoms with Gasteiger partial charge in [0.2, 0.25) is 11.0 Å². The lowest BCUT2D eigenvalue weighted by atomic mass is 9.98. The van der Waals surface area contributed by atoms with E-state index in [1.807, 2.05) is 0 Å². The van der Waals surface area contributed by atoms with Crippen LogP contribution in [-0.2, 0) is 20.7 Å². The summed E-state index contributed by atoms with van der Waals surface area (Å²) in [5.74, 6) is -0.162. The number of carbonyl (C=O) groups is 2. The minimum absolute atomic E-state index is 0.0446. The number of carbonyl (C=O) groups excluding carboxylic acids is 2. The predicted octanol–water partition coefficient (Wildman–Crippen LogP) is 2.51. The van der Waals surface area contributed by atoms with E-state index in [-0.39, 0.29) is 30.2 Å². The van der Waals surface area contributed by atoms with Crippen molar-refractivity contribution in [2.24, 2.45) is 5.92 Å². The van der Waals surface area contributed by atoms with Gasteiger partial charge in [0.05, 0.1) is 19.1 Å². The molecule has 0 N–H and O–H groups in total. The number of likely N-dealkylation sites (tertiary alicyclic amines) is 1. The summed E-state index contributed by atoms with van der Waals surface area (Å²) in [6.07, 6.45) is 2.05. The topological polar surface area (TPSA) is 75.6 Å². The molecule has 0 spiro atoms. The second-order valence-corrected chi connectivity index (χ2v) is 7.81. The third-order valence-electron chi connectivity index (χ3n) is 4.83. The van der Waals surface area contributed by atoms with Crippen molar-refractivity contribution in [2.45, 2.75) is 26.2 Å². The summed E-state index contributed by atoms with van der Waals surface area (Å²) in [4.78, 5) is 32.6. The molecule has 1 aromatic carbocycles. The number of rotatable bonds is 7. The van der Waals surface area contributed by atoms with Crippen LogP contribution >= 0.6 is 11.5 Å². The van der Waals surface area contributed by atoms with Crippen LogP contribution in [0.4, 0.5) is 9.52 Å². The lowest BCUT2D eigenvalue weighted by molar-refractivity contribution is -0.151. The van der Waals surface area contributed by atoms with Crippen LogP contribution in [0.2, 0.25) is 0 Å². The maximum Gasteiger partial charge on any atom is 0.310 e. The van der Waals surface area contributed by atoms with E-state index in [1.54, 1.807) is 35.9 Å². The Morgan fingerprint density at radius 1 is 1.34 bits per heavy atom. The van der Waals surface area contributed by atoms with Gasteiger partial charge in [-0.3, -0.25) is 9.59 Å². The smallest absolute Gasteiger partial charge is 0.310 e. The molecule has 156 valence electrons. The van der Waals surface area contributed by atoms with Gasteiger partial charge < -0.3 is 14.5 Å². The molecule has 3 rings (SSSR count). The Kier molecular flexibility index (Phi) is 7.13. The molecule has 0 saturated carbocycles. The summed E-state index contributed by atoms with van der Waals surface area (Å²) in [6, 6.07) is 6.24. The zero-order chi connectivity index (χ0) is 20.8.